The first-order valence-electron chi connectivity index (χ1n) is 7.79. The van der Waals surface area contributed by atoms with Crippen LogP contribution in [0.2, 0.25) is 0 Å². The van der Waals surface area contributed by atoms with Gasteiger partial charge in [-0.1, -0.05) is 36.4 Å². The molecule has 0 amide bonds. The lowest BCUT2D eigenvalue weighted by molar-refractivity contribution is -0.137. The fraction of sp³-hybridized carbons (Fsp3) is 0.0500. The Morgan fingerprint density at radius 3 is 2.27 bits per heavy atom. The highest BCUT2D eigenvalue weighted by Gasteiger charge is 2.34. The Hall–Kier alpha value is -3.28. The van der Waals surface area contributed by atoms with Crippen molar-refractivity contribution in [1.82, 2.24) is 4.98 Å². The van der Waals surface area contributed by atoms with Crippen LogP contribution < -0.4 is 0 Å². The van der Waals surface area contributed by atoms with E-state index in [0.29, 0.717) is 22.2 Å². The molecule has 130 valence electrons. The fourth-order valence-corrected chi connectivity index (χ4v) is 2.84. The zero-order valence-corrected chi connectivity index (χ0v) is 13.3. The number of alkyl halides is 3. The van der Waals surface area contributed by atoms with E-state index in [2.05, 4.69) is 4.98 Å². The van der Waals surface area contributed by atoms with Gasteiger partial charge in [0.05, 0.1) is 5.56 Å². The number of aromatic hydroxyl groups is 1. The van der Waals surface area contributed by atoms with Gasteiger partial charge in [0.1, 0.15) is 11.3 Å². The number of benzene rings is 3. The van der Waals surface area contributed by atoms with Crippen molar-refractivity contribution in [2.75, 3.05) is 0 Å². The maximum absolute atomic E-state index is 13.2. The number of fused-ring (bicyclic) bond motifs is 1. The van der Waals surface area contributed by atoms with Gasteiger partial charge in [-0.2, -0.15) is 13.2 Å². The average molecular weight is 355 g/mol. The van der Waals surface area contributed by atoms with Crippen molar-refractivity contribution in [3.63, 3.8) is 0 Å². The molecule has 0 atom stereocenters. The lowest BCUT2D eigenvalue weighted by Gasteiger charge is -2.09. The van der Waals surface area contributed by atoms with Gasteiger partial charge in [0, 0.05) is 11.1 Å². The number of hydrogen-bond donors (Lipinski definition) is 1. The highest BCUT2D eigenvalue weighted by atomic mass is 19.4. The molecule has 1 N–H and O–H groups in total. The molecule has 3 aromatic carbocycles. The molecule has 4 aromatic rings. The van der Waals surface area contributed by atoms with Crippen molar-refractivity contribution in [1.29, 1.82) is 0 Å². The van der Waals surface area contributed by atoms with E-state index in [0.717, 1.165) is 6.07 Å². The number of rotatable bonds is 2. The summed E-state index contributed by atoms with van der Waals surface area (Å²) >= 11 is 0. The fourth-order valence-electron chi connectivity index (χ4n) is 2.84. The van der Waals surface area contributed by atoms with Crippen molar-refractivity contribution in [2.45, 2.75) is 6.18 Å². The molecule has 0 aliphatic heterocycles. The van der Waals surface area contributed by atoms with Crippen molar-refractivity contribution in [3.05, 3.63) is 72.3 Å². The van der Waals surface area contributed by atoms with Crippen LogP contribution in [0.25, 0.3) is 33.7 Å². The third-order valence-corrected chi connectivity index (χ3v) is 4.07. The molecule has 4 rings (SSSR count). The molecule has 0 radical (unpaired) electrons. The van der Waals surface area contributed by atoms with Gasteiger partial charge in [-0.25, -0.2) is 4.98 Å². The number of oxazole rings is 1. The molecular formula is C20H12F3NO2. The number of phenolic OH excluding ortho intramolecular Hbond substituents is 1. The van der Waals surface area contributed by atoms with E-state index in [1.165, 1.54) is 18.2 Å². The van der Waals surface area contributed by atoms with E-state index in [9.17, 15) is 18.3 Å². The van der Waals surface area contributed by atoms with Crippen LogP contribution in [0.3, 0.4) is 0 Å². The maximum atomic E-state index is 13.2. The van der Waals surface area contributed by atoms with Gasteiger partial charge in [0.2, 0.25) is 5.89 Å². The predicted octanol–water partition coefficient (Wildman–Crippen LogP) is 5.89. The number of phenols is 1. The molecule has 0 bridgehead atoms. The third kappa shape index (κ3) is 2.79. The number of halogens is 3. The molecule has 0 aliphatic rings. The minimum absolute atomic E-state index is 0.0950. The normalized spacial score (nSPS) is 11.8. The number of hydrogen-bond acceptors (Lipinski definition) is 3. The summed E-state index contributed by atoms with van der Waals surface area (Å²) < 4.78 is 45.2. The highest BCUT2D eigenvalue weighted by molar-refractivity contribution is 5.84. The summed E-state index contributed by atoms with van der Waals surface area (Å²) in [6, 6.07) is 17.0. The molecule has 0 saturated carbocycles. The molecule has 0 unspecified atom stereocenters. The Kier molecular flexibility index (Phi) is 3.68. The summed E-state index contributed by atoms with van der Waals surface area (Å²) in [6.45, 7) is 0. The topological polar surface area (TPSA) is 46.3 Å². The Labute approximate surface area is 146 Å². The first-order chi connectivity index (χ1) is 12.4. The second kappa shape index (κ2) is 5.91. The van der Waals surface area contributed by atoms with Crippen molar-refractivity contribution >= 4 is 11.1 Å². The minimum atomic E-state index is -4.50. The third-order valence-electron chi connectivity index (χ3n) is 4.07. The van der Waals surface area contributed by atoms with Crippen LogP contribution in [0.4, 0.5) is 13.2 Å². The standard InChI is InChI=1S/C20H12F3NO2/c21-20(22,23)15-7-3-1-6-14(15)19-24-16-11-12(9-10-18(16)26-19)13-5-2-4-8-17(13)25/h1-11,25H. The second-order valence-electron chi connectivity index (χ2n) is 5.76. The Bertz CT molecular complexity index is 1100. The summed E-state index contributed by atoms with van der Waals surface area (Å²) in [6.07, 6.45) is -4.50. The highest BCUT2D eigenvalue weighted by Crippen LogP contribution is 2.38. The summed E-state index contributed by atoms with van der Waals surface area (Å²) in [5.41, 5.74) is 1.18. The van der Waals surface area contributed by atoms with Crippen molar-refractivity contribution in [3.8, 4) is 28.3 Å². The lowest BCUT2D eigenvalue weighted by Crippen LogP contribution is -2.06. The van der Waals surface area contributed by atoms with Gasteiger partial charge in [-0.05, 0) is 35.9 Å². The van der Waals surface area contributed by atoms with E-state index >= 15 is 0 Å². The molecular weight excluding hydrogens is 343 g/mol. The molecule has 1 aromatic heterocycles. The molecule has 0 aliphatic carbocycles. The second-order valence-corrected chi connectivity index (χ2v) is 5.76. The van der Waals surface area contributed by atoms with Crippen LogP contribution in [0.1, 0.15) is 5.56 Å². The van der Waals surface area contributed by atoms with E-state index in [4.69, 9.17) is 4.42 Å². The van der Waals surface area contributed by atoms with Gasteiger partial charge >= 0.3 is 6.18 Å². The molecule has 0 saturated heterocycles. The van der Waals surface area contributed by atoms with Crippen LogP contribution in [-0.4, -0.2) is 10.1 Å². The van der Waals surface area contributed by atoms with Gasteiger partial charge in [-0.15, -0.1) is 0 Å². The molecule has 3 nitrogen and oxygen atoms in total. The largest absolute Gasteiger partial charge is 0.507 e. The Balaban J connectivity index is 1.84. The quantitative estimate of drug-likeness (QED) is 0.488. The zero-order chi connectivity index (χ0) is 18.3. The molecule has 1 heterocycles. The van der Waals surface area contributed by atoms with Crippen LogP contribution >= 0.6 is 0 Å². The Morgan fingerprint density at radius 2 is 1.54 bits per heavy atom. The van der Waals surface area contributed by atoms with Crippen molar-refractivity contribution < 1.29 is 22.7 Å². The SMILES string of the molecule is Oc1ccccc1-c1ccc2oc(-c3ccccc3C(F)(F)F)nc2c1. The van der Waals surface area contributed by atoms with Crippen LogP contribution in [0, 0.1) is 0 Å². The first-order valence-corrected chi connectivity index (χ1v) is 7.79. The van der Waals surface area contributed by atoms with E-state index in [-0.39, 0.29) is 17.2 Å². The molecule has 26 heavy (non-hydrogen) atoms. The Morgan fingerprint density at radius 1 is 0.846 bits per heavy atom. The van der Waals surface area contributed by atoms with Gasteiger partial charge in [0.25, 0.3) is 0 Å². The van der Waals surface area contributed by atoms with E-state index in [1.54, 1.807) is 42.5 Å². The zero-order valence-electron chi connectivity index (χ0n) is 13.3. The number of nitrogens with zero attached hydrogens (tertiary/aromatic N) is 1. The summed E-state index contributed by atoms with van der Waals surface area (Å²) in [7, 11) is 0. The lowest BCUT2D eigenvalue weighted by atomic mass is 10.0. The summed E-state index contributed by atoms with van der Waals surface area (Å²) in [5.74, 6) is 0.0142. The smallest absolute Gasteiger partial charge is 0.417 e. The predicted molar refractivity (Wildman–Crippen MR) is 91.5 cm³/mol. The summed E-state index contributed by atoms with van der Waals surface area (Å²) in [5, 5.41) is 9.98. The maximum Gasteiger partial charge on any atom is 0.417 e. The average Bonchev–Trinajstić information content (AvgIpc) is 3.04. The minimum Gasteiger partial charge on any atom is -0.507 e. The van der Waals surface area contributed by atoms with Gasteiger partial charge < -0.3 is 9.52 Å². The summed E-state index contributed by atoms with van der Waals surface area (Å²) in [4.78, 5) is 4.22. The first kappa shape index (κ1) is 16.2. The molecule has 0 fully saturated rings. The van der Waals surface area contributed by atoms with Gasteiger partial charge in [0.15, 0.2) is 5.58 Å². The van der Waals surface area contributed by atoms with Crippen LogP contribution in [-0.2, 0) is 6.18 Å². The van der Waals surface area contributed by atoms with Crippen LogP contribution in [0.15, 0.2) is 71.1 Å². The number of aromatic nitrogens is 1. The molecule has 6 heteroatoms. The van der Waals surface area contributed by atoms with Gasteiger partial charge in [-0.3, -0.25) is 0 Å². The molecule has 0 spiro atoms. The monoisotopic (exact) mass is 355 g/mol. The number of para-hydroxylation sites is 1. The van der Waals surface area contributed by atoms with E-state index < -0.39 is 11.7 Å². The van der Waals surface area contributed by atoms with Crippen molar-refractivity contribution in [2.24, 2.45) is 0 Å². The van der Waals surface area contributed by atoms with Crippen LogP contribution in [0.5, 0.6) is 5.75 Å². The van der Waals surface area contributed by atoms with E-state index in [1.807, 2.05) is 0 Å².